The summed E-state index contributed by atoms with van der Waals surface area (Å²) in [5, 5.41) is 3.14. The fourth-order valence-electron chi connectivity index (χ4n) is 5.40. The van der Waals surface area contributed by atoms with Crippen molar-refractivity contribution in [1.29, 1.82) is 0 Å². The van der Waals surface area contributed by atoms with Gasteiger partial charge in [0.15, 0.2) is 0 Å². The third kappa shape index (κ3) is 5.74. The summed E-state index contributed by atoms with van der Waals surface area (Å²) in [6.45, 7) is 7.53. The van der Waals surface area contributed by atoms with E-state index in [9.17, 15) is 4.79 Å². The molecule has 1 aromatic carbocycles. The van der Waals surface area contributed by atoms with Gasteiger partial charge in [0.2, 0.25) is 0 Å². The first-order valence-corrected chi connectivity index (χ1v) is 14.9. The smallest absolute Gasteiger partial charge is 0.410 e. The first-order chi connectivity index (χ1) is 19.3. The summed E-state index contributed by atoms with van der Waals surface area (Å²) < 4.78 is 11.3. The van der Waals surface area contributed by atoms with Gasteiger partial charge in [-0.3, -0.25) is 9.97 Å². The molecule has 0 radical (unpaired) electrons. The normalized spacial score (nSPS) is 16.3. The lowest BCUT2D eigenvalue weighted by Crippen LogP contribution is -2.34. The highest BCUT2D eigenvalue weighted by atomic mass is 32.1. The Morgan fingerprint density at radius 1 is 1.02 bits per heavy atom. The minimum absolute atomic E-state index is 0.346. The van der Waals surface area contributed by atoms with E-state index in [0.717, 1.165) is 53.1 Å². The molecule has 1 aliphatic heterocycles. The number of fused-ring (bicyclic) bond motifs is 1. The second kappa shape index (κ2) is 10.9. The lowest BCUT2D eigenvalue weighted by molar-refractivity contribution is 0.0282. The molecule has 0 unspecified atom stereocenters. The van der Waals surface area contributed by atoms with Gasteiger partial charge in [-0.05, 0) is 92.5 Å². The maximum atomic E-state index is 12.8. The van der Waals surface area contributed by atoms with E-state index < -0.39 is 5.60 Å². The molecule has 1 saturated heterocycles. The summed E-state index contributed by atoms with van der Waals surface area (Å²) in [6.07, 6.45) is 11.8. The van der Waals surface area contributed by atoms with Crippen LogP contribution in [0.5, 0.6) is 0 Å². The average molecular weight is 557 g/mol. The maximum absolute atomic E-state index is 12.8. The molecule has 4 aromatic rings. The molecule has 1 aliphatic carbocycles. The van der Waals surface area contributed by atoms with Gasteiger partial charge in [0.05, 0.1) is 12.2 Å². The zero-order valence-corrected chi connectivity index (χ0v) is 24.5. The number of hydrogen-bond acceptors (Lipinski definition) is 7. The minimum Gasteiger partial charge on any atom is -0.444 e. The van der Waals surface area contributed by atoms with Crippen LogP contribution in [0.2, 0.25) is 0 Å². The van der Waals surface area contributed by atoms with Crippen molar-refractivity contribution in [3.8, 4) is 21.7 Å². The number of hydrogen-bond donors (Lipinski definition) is 0. The SMILES string of the molecule is CN(Cc1nc(-c2cncc3cc(-c4ccncc4C4CC4)ccc23)sc1C1CCOCC1)C(=O)OC(C)(C)C. The molecule has 0 bridgehead atoms. The fourth-order valence-corrected chi connectivity index (χ4v) is 6.67. The highest BCUT2D eigenvalue weighted by Gasteiger charge is 2.28. The zero-order valence-electron chi connectivity index (χ0n) is 23.6. The van der Waals surface area contributed by atoms with E-state index in [1.807, 2.05) is 45.6 Å². The van der Waals surface area contributed by atoms with Gasteiger partial charge in [0.1, 0.15) is 10.6 Å². The molecule has 3 aromatic heterocycles. The number of carbonyl (C=O) groups excluding carboxylic acids is 1. The van der Waals surface area contributed by atoms with Crippen molar-refractivity contribution in [2.24, 2.45) is 0 Å². The van der Waals surface area contributed by atoms with Crippen LogP contribution < -0.4 is 0 Å². The third-order valence-corrected chi connectivity index (χ3v) is 8.87. The van der Waals surface area contributed by atoms with Crippen LogP contribution in [0, 0.1) is 0 Å². The summed E-state index contributed by atoms with van der Waals surface area (Å²) in [7, 11) is 1.77. The number of ether oxygens (including phenoxy) is 2. The first-order valence-electron chi connectivity index (χ1n) is 14.1. The highest BCUT2D eigenvalue weighted by molar-refractivity contribution is 7.15. The van der Waals surface area contributed by atoms with Crippen molar-refractivity contribution < 1.29 is 14.3 Å². The molecule has 0 spiro atoms. The van der Waals surface area contributed by atoms with Crippen molar-refractivity contribution in [3.63, 3.8) is 0 Å². The van der Waals surface area contributed by atoms with Crippen LogP contribution in [0.4, 0.5) is 4.79 Å². The molecule has 0 N–H and O–H groups in total. The predicted molar refractivity (Wildman–Crippen MR) is 159 cm³/mol. The first kappa shape index (κ1) is 26.8. The molecule has 7 nitrogen and oxygen atoms in total. The Bertz CT molecular complexity index is 1530. The monoisotopic (exact) mass is 556 g/mol. The minimum atomic E-state index is -0.550. The number of amides is 1. The van der Waals surface area contributed by atoms with E-state index in [1.165, 1.54) is 34.4 Å². The van der Waals surface area contributed by atoms with Crippen molar-refractivity contribution >= 4 is 28.2 Å². The van der Waals surface area contributed by atoms with Gasteiger partial charge in [0, 0.05) is 60.9 Å². The van der Waals surface area contributed by atoms with Crippen LogP contribution in [0.15, 0.2) is 49.1 Å². The van der Waals surface area contributed by atoms with Crippen LogP contribution in [0.3, 0.4) is 0 Å². The van der Waals surface area contributed by atoms with Crippen molar-refractivity contribution in [2.75, 3.05) is 20.3 Å². The molecular formula is C32H36N4O3S. The summed E-state index contributed by atoms with van der Waals surface area (Å²) in [4.78, 5) is 29.8. The summed E-state index contributed by atoms with van der Waals surface area (Å²) in [6, 6.07) is 8.76. The third-order valence-electron chi connectivity index (χ3n) is 7.58. The molecule has 208 valence electrons. The van der Waals surface area contributed by atoms with Crippen molar-refractivity contribution in [3.05, 3.63) is 65.2 Å². The summed E-state index contributed by atoms with van der Waals surface area (Å²) in [5.74, 6) is 0.990. The predicted octanol–water partition coefficient (Wildman–Crippen LogP) is 7.56. The van der Waals surface area contributed by atoms with Gasteiger partial charge < -0.3 is 14.4 Å². The molecule has 8 heteroatoms. The fraction of sp³-hybridized carbons (Fsp3) is 0.438. The Labute approximate surface area is 239 Å². The molecule has 2 fully saturated rings. The van der Waals surface area contributed by atoms with Crippen LogP contribution in [0.25, 0.3) is 32.5 Å². The molecule has 1 amide bonds. The zero-order chi connectivity index (χ0) is 27.9. The Balaban J connectivity index is 1.36. The van der Waals surface area contributed by atoms with Crippen molar-refractivity contribution in [2.45, 2.75) is 70.4 Å². The number of rotatable bonds is 6. The number of pyridine rings is 2. The van der Waals surface area contributed by atoms with E-state index >= 15 is 0 Å². The van der Waals surface area contributed by atoms with Crippen LogP contribution in [-0.4, -0.2) is 51.8 Å². The van der Waals surface area contributed by atoms with Crippen LogP contribution in [-0.2, 0) is 16.0 Å². The number of carbonyl (C=O) groups is 1. The highest BCUT2D eigenvalue weighted by Crippen LogP contribution is 2.45. The summed E-state index contributed by atoms with van der Waals surface area (Å²) >= 11 is 1.72. The van der Waals surface area contributed by atoms with Crippen molar-refractivity contribution in [1.82, 2.24) is 19.9 Å². The number of benzene rings is 1. The van der Waals surface area contributed by atoms with Gasteiger partial charge in [-0.2, -0.15) is 0 Å². The van der Waals surface area contributed by atoms with Gasteiger partial charge in [-0.15, -0.1) is 11.3 Å². The Morgan fingerprint density at radius 2 is 1.82 bits per heavy atom. The molecule has 2 aliphatic rings. The average Bonchev–Trinajstić information content (AvgIpc) is 3.72. The number of thiazole rings is 1. The molecule has 1 saturated carbocycles. The Hall–Kier alpha value is -3.36. The number of nitrogens with zero attached hydrogens (tertiary/aromatic N) is 4. The van der Waals surface area contributed by atoms with Gasteiger partial charge in [0.25, 0.3) is 0 Å². The lowest BCUT2D eigenvalue weighted by Gasteiger charge is -2.25. The van der Waals surface area contributed by atoms with E-state index in [4.69, 9.17) is 14.5 Å². The lowest BCUT2D eigenvalue weighted by atomic mass is 9.96. The summed E-state index contributed by atoms with van der Waals surface area (Å²) in [5.41, 5.74) is 5.19. The topological polar surface area (TPSA) is 77.4 Å². The quantitative estimate of drug-likeness (QED) is 0.244. The van der Waals surface area contributed by atoms with Gasteiger partial charge >= 0.3 is 6.09 Å². The maximum Gasteiger partial charge on any atom is 0.410 e. The number of aromatic nitrogens is 3. The van der Waals surface area contributed by atoms with Gasteiger partial charge in [-0.1, -0.05) is 12.1 Å². The van der Waals surface area contributed by atoms with Crippen LogP contribution >= 0.6 is 11.3 Å². The van der Waals surface area contributed by atoms with Gasteiger partial charge in [-0.25, -0.2) is 9.78 Å². The second-order valence-corrected chi connectivity index (χ2v) is 12.9. The largest absolute Gasteiger partial charge is 0.444 e. The molecule has 4 heterocycles. The molecule has 40 heavy (non-hydrogen) atoms. The van der Waals surface area contributed by atoms with E-state index in [2.05, 4.69) is 34.2 Å². The molecular weight excluding hydrogens is 520 g/mol. The Kier molecular flexibility index (Phi) is 7.31. The van der Waals surface area contributed by atoms with E-state index in [-0.39, 0.29) is 6.09 Å². The molecule has 0 atom stereocenters. The van der Waals surface area contributed by atoms with E-state index in [0.29, 0.717) is 18.4 Å². The van der Waals surface area contributed by atoms with Crippen LogP contribution in [0.1, 0.15) is 74.4 Å². The molecule has 6 rings (SSSR count). The Morgan fingerprint density at radius 3 is 2.58 bits per heavy atom. The second-order valence-electron chi connectivity index (χ2n) is 11.9. The standard InChI is InChI=1S/C32H36N4O3S/c1-32(2,3)39-31(37)36(4)19-28-29(21-10-13-38-14-11-21)40-30(35-28)27-18-34-16-23-15-22(7-8-24(23)27)25-9-12-33-17-26(25)20-5-6-20/h7-9,12,15-18,20-21H,5-6,10-11,13-14,19H2,1-4H3. The van der Waals surface area contributed by atoms with E-state index in [1.54, 1.807) is 23.3 Å².